The molecule has 1 N–H and O–H groups in total. The minimum absolute atomic E-state index is 0.0965. The van der Waals surface area contributed by atoms with Crippen LogP contribution in [0.4, 0.5) is 4.39 Å². The average molecular weight is 261 g/mol. The molecule has 1 heterocycles. The number of benzene rings is 1. The topological polar surface area (TPSA) is 63.3 Å². The summed E-state index contributed by atoms with van der Waals surface area (Å²) in [5, 5.41) is 9.07. The first kappa shape index (κ1) is 13.0. The third-order valence-electron chi connectivity index (χ3n) is 2.49. The van der Waals surface area contributed by atoms with E-state index in [2.05, 4.69) is 4.98 Å². The second kappa shape index (κ2) is 5.48. The zero-order valence-electron chi connectivity index (χ0n) is 10.3. The number of aliphatic hydroxyl groups excluding tert-OH is 1. The second-order valence-corrected chi connectivity index (χ2v) is 4.08. The molecule has 0 aliphatic rings. The molecule has 1 aromatic heterocycles. The fourth-order valence-electron chi connectivity index (χ4n) is 1.64. The zero-order chi connectivity index (χ0) is 13.8. The van der Waals surface area contributed by atoms with Gasteiger partial charge in [-0.25, -0.2) is 9.37 Å². The van der Waals surface area contributed by atoms with Crippen LogP contribution in [-0.2, 0) is 6.42 Å². The Morgan fingerprint density at radius 2 is 2.11 bits per heavy atom. The third-order valence-corrected chi connectivity index (χ3v) is 2.49. The predicted octanol–water partition coefficient (Wildman–Crippen LogP) is 3.05. The molecule has 0 fully saturated rings. The van der Waals surface area contributed by atoms with Gasteiger partial charge in [-0.3, -0.25) is 4.79 Å². The van der Waals surface area contributed by atoms with Crippen molar-refractivity contribution in [3.05, 3.63) is 65.3 Å². The van der Waals surface area contributed by atoms with Crippen molar-refractivity contribution in [1.29, 1.82) is 0 Å². The van der Waals surface area contributed by atoms with Crippen molar-refractivity contribution in [2.45, 2.75) is 13.3 Å². The van der Waals surface area contributed by atoms with Gasteiger partial charge >= 0.3 is 0 Å². The fraction of sp³-hybridized carbons (Fsp3) is 0.143. The molecule has 0 aliphatic carbocycles. The molecule has 0 spiro atoms. The van der Waals surface area contributed by atoms with E-state index in [0.717, 1.165) is 11.6 Å². The van der Waals surface area contributed by atoms with Gasteiger partial charge in [-0.15, -0.1) is 0 Å². The summed E-state index contributed by atoms with van der Waals surface area (Å²) in [5.74, 6) is -0.461. The lowest BCUT2D eigenvalue weighted by Gasteiger charge is -2.00. The van der Waals surface area contributed by atoms with E-state index in [9.17, 15) is 9.18 Å². The number of aromatic nitrogens is 1. The first-order chi connectivity index (χ1) is 9.06. The van der Waals surface area contributed by atoms with Crippen molar-refractivity contribution < 1.29 is 18.7 Å². The summed E-state index contributed by atoms with van der Waals surface area (Å²) in [6, 6.07) is 5.90. The van der Waals surface area contributed by atoms with Crippen molar-refractivity contribution in [2.75, 3.05) is 0 Å². The Bertz CT molecular complexity index is 610. The number of ketones is 1. The monoisotopic (exact) mass is 261 g/mol. The van der Waals surface area contributed by atoms with Gasteiger partial charge in [0.2, 0.25) is 5.78 Å². The van der Waals surface area contributed by atoms with E-state index in [0.29, 0.717) is 12.2 Å². The Hall–Kier alpha value is -2.43. The highest BCUT2D eigenvalue weighted by atomic mass is 19.1. The number of oxazole rings is 1. The second-order valence-electron chi connectivity index (χ2n) is 4.08. The van der Waals surface area contributed by atoms with Gasteiger partial charge in [0.1, 0.15) is 11.6 Å². The number of nitrogens with zero attached hydrogens (tertiary/aromatic N) is 1. The van der Waals surface area contributed by atoms with E-state index in [4.69, 9.17) is 9.52 Å². The van der Waals surface area contributed by atoms with E-state index < -0.39 is 5.78 Å². The molecule has 19 heavy (non-hydrogen) atoms. The Labute approximate surface area is 109 Å². The molecule has 0 saturated heterocycles. The lowest BCUT2D eigenvalue weighted by atomic mass is 10.1. The van der Waals surface area contributed by atoms with E-state index in [-0.39, 0.29) is 17.3 Å². The lowest BCUT2D eigenvalue weighted by Crippen LogP contribution is -2.01. The van der Waals surface area contributed by atoms with Crippen LogP contribution in [0, 0.1) is 5.82 Å². The molecule has 0 atom stereocenters. The maximum atomic E-state index is 12.8. The Balaban J connectivity index is 2.23. The van der Waals surface area contributed by atoms with Crippen molar-refractivity contribution in [3.8, 4) is 0 Å². The summed E-state index contributed by atoms with van der Waals surface area (Å²) in [5.41, 5.74) is 0.953. The van der Waals surface area contributed by atoms with Gasteiger partial charge in [-0.05, 0) is 24.6 Å². The molecule has 0 amide bonds. The largest absolute Gasteiger partial charge is 0.512 e. The molecule has 5 heteroatoms. The van der Waals surface area contributed by atoms with E-state index in [1.807, 2.05) is 0 Å². The lowest BCUT2D eigenvalue weighted by molar-refractivity contribution is 0.103. The summed E-state index contributed by atoms with van der Waals surface area (Å²) >= 11 is 0. The van der Waals surface area contributed by atoms with E-state index in [1.165, 1.54) is 25.5 Å². The van der Waals surface area contributed by atoms with E-state index in [1.54, 1.807) is 12.1 Å². The maximum Gasteiger partial charge on any atom is 0.211 e. The van der Waals surface area contributed by atoms with Crippen LogP contribution in [0.5, 0.6) is 0 Å². The number of rotatable bonds is 4. The van der Waals surface area contributed by atoms with Gasteiger partial charge in [0.05, 0.1) is 5.76 Å². The SMILES string of the molecule is CC(O)=CC(=O)c1ncoc1Cc1ccc(F)cc1. The number of carbonyl (C=O) groups is 1. The molecule has 2 rings (SSSR count). The van der Waals surface area contributed by atoms with Gasteiger partial charge in [0.25, 0.3) is 0 Å². The minimum atomic E-state index is -0.425. The third kappa shape index (κ3) is 3.28. The van der Waals surface area contributed by atoms with Gasteiger partial charge in [-0.2, -0.15) is 0 Å². The smallest absolute Gasteiger partial charge is 0.211 e. The van der Waals surface area contributed by atoms with Crippen LogP contribution >= 0.6 is 0 Å². The number of allylic oxidation sites excluding steroid dienone is 2. The molecule has 0 aliphatic heterocycles. The Morgan fingerprint density at radius 3 is 2.74 bits per heavy atom. The van der Waals surface area contributed by atoms with Crippen molar-refractivity contribution in [1.82, 2.24) is 4.98 Å². The summed E-state index contributed by atoms with van der Waals surface area (Å²) in [7, 11) is 0. The molecular weight excluding hydrogens is 249 g/mol. The van der Waals surface area contributed by atoms with Crippen molar-refractivity contribution in [2.24, 2.45) is 0 Å². The Kier molecular flexibility index (Phi) is 3.75. The van der Waals surface area contributed by atoms with Gasteiger partial charge in [0, 0.05) is 12.5 Å². The van der Waals surface area contributed by atoms with Gasteiger partial charge in [0.15, 0.2) is 12.1 Å². The first-order valence-electron chi connectivity index (χ1n) is 5.64. The zero-order valence-corrected chi connectivity index (χ0v) is 10.3. The molecule has 1 aromatic carbocycles. The molecule has 0 unspecified atom stereocenters. The summed E-state index contributed by atoms with van der Waals surface area (Å²) in [6.45, 7) is 1.40. The number of hydrogen-bond donors (Lipinski definition) is 1. The summed E-state index contributed by atoms with van der Waals surface area (Å²) < 4.78 is 18.0. The van der Waals surface area contributed by atoms with Gasteiger partial charge in [-0.1, -0.05) is 12.1 Å². The van der Waals surface area contributed by atoms with Gasteiger partial charge < -0.3 is 9.52 Å². The number of hydrogen-bond acceptors (Lipinski definition) is 4. The minimum Gasteiger partial charge on any atom is -0.512 e. The molecule has 0 bridgehead atoms. The fourth-order valence-corrected chi connectivity index (χ4v) is 1.64. The highest BCUT2D eigenvalue weighted by molar-refractivity contribution is 6.03. The van der Waals surface area contributed by atoms with Crippen LogP contribution in [0.15, 0.2) is 46.9 Å². The van der Waals surface area contributed by atoms with Crippen LogP contribution < -0.4 is 0 Å². The molecular formula is C14H12FNO3. The van der Waals surface area contributed by atoms with Crippen LogP contribution in [0.2, 0.25) is 0 Å². The maximum absolute atomic E-state index is 12.8. The van der Waals surface area contributed by atoms with Crippen molar-refractivity contribution in [3.63, 3.8) is 0 Å². The normalized spacial score (nSPS) is 11.6. The number of carbonyl (C=O) groups excluding carboxylic acids is 1. The first-order valence-corrected chi connectivity index (χ1v) is 5.64. The van der Waals surface area contributed by atoms with Crippen LogP contribution in [0.3, 0.4) is 0 Å². The van der Waals surface area contributed by atoms with E-state index >= 15 is 0 Å². The van der Waals surface area contributed by atoms with Crippen LogP contribution in [0.1, 0.15) is 28.7 Å². The summed E-state index contributed by atoms with van der Waals surface area (Å²) in [4.78, 5) is 15.6. The molecule has 98 valence electrons. The highest BCUT2D eigenvalue weighted by Gasteiger charge is 2.15. The standard InChI is InChI=1S/C14H12FNO3/c1-9(17)6-12(18)14-13(19-8-16-14)7-10-2-4-11(15)5-3-10/h2-6,8,17H,7H2,1H3. The Morgan fingerprint density at radius 1 is 1.42 bits per heavy atom. The highest BCUT2D eigenvalue weighted by Crippen LogP contribution is 2.15. The summed E-state index contributed by atoms with van der Waals surface area (Å²) in [6.07, 6.45) is 2.58. The van der Waals surface area contributed by atoms with Crippen LogP contribution in [-0.4, -0.2) is 15.9 Å². The van der Waals surface area contributed by atoms with Crippen molar-refractivity contribution >= 4 is 5.78 Å². The van der Waals surface area contributed by atoms with Crippen LogP contribution in [0.25, 0.3) is 0 Å². The number of halogens is 1. The quantitative estimate of drug-likeness (QED) is 0.522. The molecule has 0 radical (unpaired) electrons. The predicted molar refractivity (Wildman–Crippen MR) is 66.4 cm³/mol. The molecule has 0 saturated carbocycles. The average Bonchev–Trinajstić information content (AvgIpc) is 2.79. The molecule has 4 nitrogen and oxygen atoms in total. The number of aliphatic hydroxyl groups is 1. The molecule has 2 aromatic rings.